The number of imide groups is 1. The predicted octanol–water partition coefficient (Wildman–Crippen LogP) is 1.52. The van der Waals surface area contributed by atoms with Gasteiger partial charge in [0.15, 0.2) is 0 Å². The van der Waals surface area contributed by atoms with Crippen LogP contribution in [0, 0.1) is 11.8 Å². The average molecular weight is 324 g/mol. The monoisotopic (exact) mass is 324 g/mol. The Morgan fingerprint density at radius 3 is 2.29 bits per heavy atom. The molecule has 1 aromatic rings. The Hall–Kier alpha value is -2.43. The molecule has 2 aliphatic heterocycles. The Balaban J connectivity index is 1.45. The highest BCUT2D eigenvalue weighted by Gasteiger charge is 2.47. The topological polar surface area (TPSA) is 57.7 Å². The van der Waals surface area contributed by atoms with E-state index in [2.05, 4.69) is 6.07 Å². The molecule has 1 aromatic carbocycles. The van der Waals surface area contributed by atoms with E-state index in [-0.39, 0.29) is 36.1 Å². The summed E-state index contributed by atoms with van der Waals surface area (Å²) < 4.78 is 0. The van der Waals surface area contributed by atoms with Crippen LogP contribution in [0.5, 0.6) is 0 Å². The lowest BCUT2D eigenvalue weighted by atomic mass is 9.85. The number of benzene rings is 1. The summed E-state index contributed by atoms with van der Waals surface area (Å²) in [5, 5.41) is 0. The molecule has 1 saturated heterocycles. The van der Waals surface area contributed by atoms with E-state index < -0.39 is 0 Å². The third-order valence-electron chi connectivity index (χ3n) is 5.38. The van der Waals surface area contributed by atoms with Gasteiger partial charge in [-0.1, -0.05) is 36.4 Å². The standard InChI is InChI=1S/C19H20N2O3/c22-17(20-10-9-13-5-1-2-6-14(13)11-20)12-21-18(23)15-7-3-4-8-16(15)19(21)24/h1-6,15-16H,7-12H2/t15-,16+. The molecule has 5 nitrogen and oxygen atoms in total. The number of carbonyl (C=O) groups is 3. The van der Waals surface area contributed by atoms with Gasteiger partial charge in [-0.15, -0.1) is 0 Å². The summed E-state index contributed by atoms with van der Waals surface area (Å²) in [6.45, 7) is 1.08. The van der Waals surface area contributed by atoms with Gasteiger partial charge >= 0.3 is 0 Å². The molecule has 3 aliphatic rings. The normalized spacial score (nSPS) is 25.7. The van der Waals surface area contributed by atoms with E-state index in [0.29, 0.717) is 25.9 Å². The lowest BCUT2D eigenvalue weighted by molar-refractivity contribution is -0.146. The van der Waals surface area contributed by atoms with Crippen LogP contribution in [0.15, 0.2) is 36.4 Å². The zero-order chi connectivity index (χ0) is 16.7. The molecule has 3 amide bonds. The van der Waals surface area contributed by atoms with Crippen LogP contribution in [0.25, 0.3) is 0 Å². The molecule has 124 valence electrons. The number of carbonyl (C=O) groups excluding carboxylic acids is 3. The average Bonchev–Trinajstić information content (AvgIpc) is 2.86. The highest BCUT2D eigenvalue weighted by molar-refractivity contribution is 6.07. The first kappa shape index (κ1) is 15.1. The van der Waals surface area contributed by atoms with Gasteiger partial charge in [-0.2, -0.15) is 0 Å². The third kappa shape index (κ3) is 2.44. The quantitative estimate of drug-likeness (QED) is 0.612. The smallest absolute Gasteiger partial charge is 0.243 e. The molecular formula is C19H20N2O3. The minimum absolute atomic E-state index is 0.118. The second-order valence-corrected chi connectivity index (χ2v) is 6.75. The van der Waals surface area contributed by atoms with Crippen molar-refractivity contribution >= 4 is 17.7 Å². The highest BCUT2D eigenvalue weighted by Crippen LogP contribution is 2.35. The summed E-state index contributed by atoms with van der Waals surface area (Å²) in [5.74, 6) is -1.03. The van der Waals surface area contributed by atoms with Crippen molar-refractivity contribution < 1.29 is 14.4 Å². The van der Waals surface area contributed by atoms with E-state index in [1.54, 1.807) is 4.90 Å². The molecule has 0 saturated carbocycles. The number of allylic oxidation sites excluding steroid dienone is 2. The molecule has 4 rings (SSSR count). The molecule has 0 radical (unpaired) electrons. The summed E-state index contributed by atoms with van der Waals surface area (Å²) >= 11 is 0. The zero-order valence-corrected chi connectivity index (χ0v) is 13.5. The minimum atomic E-state index is -0.266. The molecule has 24 heavy (non-hydrogen) atoms. The maximum absolute atomic E-state index is 12.6. The van der Waals surface area contributed by atoms with E-state index in [9.17, 15) is 14.4 Å². The van der Waals surface area contributed by atoms with Crippen LogP contribution in [0.4, 0.5) is 0 Å². The van der Waals surface area contributed by atoms with Gasteiger partial charge in [0.05, 0.1) is 11.8 Å². The number of amides is 3. The van der Waals surface area contributed by atoms with Gasteiger partial charge in [0.2, 0.25) is 17.7 Å². The van der Waals surface area contributed by atoms with Crippen molar-refractivity contribution in [2.24, 2.45) is 11.8 Å². The Bertz CT molecular complexity index is 714. The lowest BCUT2D eigenvalue weighted by Crippen LogP contribution is -2.44. The van der Waals surface area contributed by atoms with Gasteiger partial charge in [0, 0.05) is 13.1 Å². The summed E-state index contributed by atoms with van der Waals surface area (Å²) in [4.78, 5) is 40.5. The van der Waals surface area contributed by atoms with Crippen molar-refractivity contribution in [3.05, 3.63) is 47.5 Å². The molecule has 1 fully saturated rings. The van der Waals surface area contributed by atoms with Crippen LogP contribution < -0.4 is 0 Å². The summed E-state index contributed by atoms with van der Waals surface area (Å²) in [5.41, 5.74) is 2.42. The van der Waals surface area contributed by atoms with Crippen LogP contribution in [-0.2, 0) is 27.3 Å². The van der Waals surface area contributed by atoms with Gasteiger partial charge in [-0.3, -0.25) is 19.3 Å². The molecular weight excluding hydrogens is 304 g/mol. The van der Waals surface area contributed by atoms with Crippen molar-refractivity contribution in [3.8, 4) is 0 Å². The molecule has 1 aliphatic carbocycles. The van der Waals surface area contributed by atoms with E-state index in [1.165, 1.54) is 10.5 Å². The maximum Gasteiger partial charge on any atom is 0.243 e. The second kappa shape index (κ2) is 5.89. The molecule has 0 N–H and O–H groups in total. The van der Waals surface area contributed by atoms with Gasteiger partial charge in [0.1, 0.15) is 6.54 Å². The third-order valence-corrected chi connectivity index (χ3v) is 5.38. The Labute approximate surface area is 140 Å². The summed E-state index contributed by atoms with van der Waals surface area (Å²) in [6, 6.07) is 8.09. The predicted molar refractivity (Wildman–Crippen MR) is 87.6 cm³/mol. The van der Waals surface area contributed by atoms with E-state index >= 15 is 0 Å². The fourth-order valence-electron chi connectivity index (χ4n) is 3.97. The van der Waals surface area contributed by atoms with Crippen LogP contribution in [0.1, 0.15) is 24.0 Å². The molecule has 2 heterocycles. The SMILES string of the molecule is O=C(CN1C(=O)[C@H]2CC=CC[C@H]2C1=O)N1CCc2ccccc2C1. The van der Waals surface area contributed by atoms with E-state index in [0.717, 1.165) is 12.0 Å². The molecule has 5 heteroatoms. The fraction of sp³-hybridized carbons (Fsp3) is 0.421. The Morgan fingerprint density at radius 2 is 1.62 bits per heavy atom. The Kier molecular flexibility index (Phi) is 3.71. The largest absolute Gasteiger partial charge is 0.336 e. The van der Waals surface area contributed by atoms with Crippen LogP contribution in [0.2, 0.25) is 0 Å². The van der Waals surface area contributed by atoms with E-state index in [4.69, 9.17) is 0 Å². The van der Waals surface area contributed by atoms with Crippen molar-refractivity contribution in [2.45, 2.75) is 25.8 Å². The number of likely N-dealkylation sites (tertiary alicyclic amines) is 1. The number of nitrogens with zero attached hydrogens (tertiary/aromatic N) is 2. The van der Waals surface area contributed by atoms with Crippen LogP contribution in [0.3, 0.4) is 0 Å². The number of rotatable bonds is 2. The van der Waals surface area contributed by atoms with Crippen LogP contribution >= 0.6 is 0 Å². The highest BCUT2D eigenvalue weighted by atomic mass is 16.2. The summed E-state index contributed by atoms with van der Waals surface area (Å²) in [7, 11) is 0. The number of fused-ring (bicyclic) bond motifs is 2. The Morgan fingerprint density at radius 1 is 1.00 bits per heavy atom. The molecule has 0 spiro atoms. The zero-order valence-electron chi connectivity index (χ0n) is 13.5. The number of hydrogen-bond acceptors (Lipinski definition) is 3. The fourth-order valence-corrected chi connectivity index (χ4v) is 3.97. The molecule has 0 unspecified atom stereocenters. The van der Waals surface area contributed by atoms with Gasteiger partial charge < -0.3 is 4.90 Å². The van der Waals surface area contributed by atoms with Gasteiger partial charge in [-0.05, 0) is 30.4 Å². The number of hydrogen-bond donors (Lipinski definition) is 0. The van der Waals surface area contributed by atoms with Crippen molar-refractivity contribution in [1.29, 1.82) is 0 Å². The van der Waals surface area contributed by atoms with Gasteiger partial charge in [-0.25, -0.2) is 0 Å². The molecule has 0 aromatic heterocycles. The van der Waals surface area contributed by atoms with Crippen LogP contribution in [-0.4, -0.2) is 40.6 Å². The summed E-state index contributed by atoms with van der Waals surface area (Å²) in [6.07, 6.45) is 5.95. The van der Waals surface area contributed by atoms with Gasteiger partial charge in [0.25, 0.3) is 0 Å². The first-order chi connectivity index (χ1) is 11.6. The maximum atomic E-state index is 12.6. The first-order valence-electron chi connectivity index (χ1n) is 8.50. The molecule has 0 bridgehead atoms. The van der Waals surface area contributed by atoms with Crippen molar-refractivity contribution in [2.75, 3.05) is 13.1 Å². The molecule has 2 atom stereocenters. The second-order valence-electron chi connectivity index (χ2n) is 6.75. The van der Waals surface area contributed by atoms with E-state index in [1.807, 2.05) is 30.4 Å². The minimum Gasteiger partial charge on any atom is -0.336 e. The lowest BCUT2D eigenvalue weighted by Gasteiger charge is -2.30. The first-order valence-corrected chi connectivity index (χ1v) is 8.50. The van der Waals surface area contributed by atoms with Crippen molar-refractivity contribution in [3.63, 3.8) is 0 Å². The van der Waals surface area contributed by atoms with Crippen molar-refractivity contribution in [1.82, 2.24) is 9.80 Å².